The van der Waals surface area contributed by atoms with Crippen LogP contribution in [0.25, 0.3) is 0 Å². The summed E-state index contributed by atoms with van der Waals surface area (Å²) in [6, 6.07) is 8.84. The van der Waals surface area contributed by atoms with Gasteiger partial charge in [-0.25, -0.2) is 0 Å². The fourth-order valence-electron chi connectivity index (χ4n) is 2.03. The normalized spacial score (nSPS) is 18.5. The summed E-state index contributed by atoms with van der Waals surface area (Å²) in [6.45, 7) is 4.48. The van der Waals surface area contributed by atoms with E-state index in [0.29, 0.717) is 12.6 Å². The molecule has 0 bridgehead atoms. The molecule has 18 heavy (non-hydrogen) atoms. The molecule has 0 spiro atoms. The number of benzene rings is 1. The third kappa shape index (κ3) is 3.50. The molecule has 0 radical (unpaired) electrons. The minimum absolute atomic E-state index is 0.0791. The summed E-state index contributed by atoms with van der Waals surface area (Å²) in [4.78, 5) is 13.1. The first kappa shape index (κ1) is 13.4. The van der Waals surface area contributed by atoms with Gasteiger partial charge < -0.3 is 10.6 Å². The van der Waals surface area contributed by atoms with Crippen LogP contribution < -0.4 is 10.6 Å². The van der Waals surface area contributed by atoms with Crippen molar-refractivity contribution in [3.63, 3.8) is 0 Å². The highest BCUT2D eigenvalue weighted by molar-refractivity contribution is 7.99. The van der Waals surface area contributed by atoms with Crippen molar-refractivity contribution in [2.45, 2.75) is 37.2 Å². The van der Waals surface area contributed by atoms with Gasteiger partial charge in [-0.3, -0.25) is 4.79 Å². The molecule has 0 fully saturated rings. The van der Waals surface area contributed by atoms with E-state index in [-0.39, 0.29) is 11.9 Å². The van der Waals surface area contributed by atoms with Gasteiger partial charge in [0.1, 0.15) is 0 Å². The molecule has 98 valence electrons. The number of carbonyl (C=O) groups is 1. The van der Waals surface area contributed by atoms with E-state index >= 15 is 0 Å². The SMILES string of the molecule is CC(C)NCC(=O)NC1CCSc2ccccc21. The van der Waals surface area contributed by atoms with Crippen LogP contribution in [0.1, 0.15) is 31.9 Å². The number of carbonyl (C=O) groups excluding carboxylic acids is 1. The molecule has 2 rings (SSSR count). The number of nitrogens with one attached hydrogen (secondary N) is 2. The van der Waals surface area contributed by atoms with E-state index in [0.717, 1.165) is 12.2 Å². The lowest BCUT2D eigenvalue weighted by Crippen LogP contribution is -2.39. The minimum Gasteiger partial charge on any atom is -0.348 e. The van der Waals surface area contributed by atoms with Crippen molar-refractivity contribution in [1.82, 2.24) is 10.6 Å². The van der Waals surface area contributed by atoms with Gasteiger partial charge in [-0.1, -0.05) is 32.0 Å². The van der Waals surface area contributed by atoms with Crippen LogP contribution in [-0.4, -0.2) is 24.2 Å². The zero-order chi connectivity index (χ0) is 13.0. The van der Waals surface area contributed by atoms with E-state index in [1.807, 2.05) is 31.7 Å². The number of rotatable bonds is 4. The van der Waals surface area contributed by atoms with Gasteiger partial charge in [0.2, 0.25) is 5.91 Å². The predicted molar refractivity (Wildman–Crippen MR) is 75.8 cm³/mol. The standard InChI is InChI=1S/C14H20N2OS/c1-10(2)15-9-14(17)16-12-7-8-18-13-6-4-3-5-11(12)13/h3-6,10,12,15H,7-9H2,1-2H3,(H,16,17). The second-order valence-electron chi connectivity index (χ2n) is 4.83. The molecule has 1 aromatic rings. The number of amides is 1. The van der Waals surface area contributed by atoms with Crippen LogP contribution in [-0.2, 0) is 4.79 Å². The van der Waals surface area contributed by atoms with Crippen LogP contribution in [0.5, 0.6) is 0 Å². The Balaban J connectivity index is 1.96. The van der Waals surface area contributed by atoms with Gasteiger partial charge in [-0.05, 0) is 18.1 Å². The predicted octanol–water partition coefficient (Wildman–Crippen LogP) is 2.34. The van der Waals surface area contributed by atoms with Crippen molar-refractivity contribution in [3.8, 4) is 0 Å². The van der Waals surface area contributed by atoms with Crippen LogP contribution in [0.15, 0.2) is 29.2 Å². The van der Waals surface area contributed by atoms with Gasteiger partial charge in [0, 0.05) is 16.7 Å². The van der Waals surface area contributed by atoms with Gasteiger partial charge in [-0.2, -0.15) is 0 Å². The Morgan fingerprint density at radius 1 is 1.44 bits per heavy atom. The summed E-state index contributed by atoms with van der Waals surface area (Å²) in [7, 11) is 0. The van der Waals surface area contributed by atoms with Crippen molar-refractivity contribution >= 4 is 17.7 Å². The lowest BCUT2D eigenvalue weighted by Gasteiger charge is -2.26. The smallest absolute Gasteiger partial charge is 0.234 e. The molecule has 1 unspecified atom stereocenters. The number of hydrogen-bond acceptors (Lipinski definition) is 3. The maximum atomic E-state index is 11.8. The highest BCUT2D eigenvalue weighted by Gasteiger charge is 2.21. The molecule has 1 aromatic carbocycles. The van der Waals surface area contributed by atoms with Crippen molar-refractivity contribution < 1.29 is 4.79 Å². The second-order valence-corrected chi connectivity index (χ2v) is 5.97. The molecule has 0 saturated carbocycles. The monoisotopic (exact) mass is 264 g/mol. The Bertz CT molecular complexity index is 420. The topological polar surface area (TPSA) is 41.1 Å². The van der Waals surface area contributed by atoms with E-state index in [1.165, 1.54) is 10.5 Å². The van der Waals surface area contributed by atoms with Crippen LogP contribution in [0.2, 0.25) is 0 Å². The highest BCUT2D eigenvalue weighted by Crippen LogP contribution is 2.35. The molecule has 1 aliphatic rings. The Kier molecular flexibility index (Phi) is 4.66. The van der Waals surface area contributed by atoms with Crippen LogP contribution in [0.4, 0.5) is 0 Å². The summed E-state index contributed by atoms with van der Waals surface area (Å²) in [5.41, 5.74) is 1.26. The Morgan fingerprint density at radius 3 is 3.00 bits per heavy atom. The molecule has 1 amide bonds. The largest absolute Gasteiger partial charge is 0.348 e. The third-order valence-electron chi connectivity index (χ3n) is 2.96. The van der Waals surface area contributed by atoms with Gasteiger partial charge in [0.05, 0.1) is 12.6 Å². The summed E-state index contributed by atoms with van der Waals surface area (Å²) < 4.78 is 0. The zero-order valence-electron chi connectivity index (χ0n) is 10.9. The van der Waals surface area contributed by atoms with Crippen molar-refractivity contribution in [3.05, 3.63) is 29.8 Å². The Morgan fingerprint density at radius 2 is 2.22 bits per heavy atom. The molecule has 3 nitrogen and oxygen atoms in total. The molecule has 4 heteroatoms. The summed E-state index contributed by atoms with van der Waals surface area (Å²) in [6.07, 6.45) is 1.01. The van der Waals surface area contributed by atoms with Crippen LogP contribution in [0, 0.1) is 0 Å². The fraction of sp³-hybridized carbons (Fsp3) is 0.500. The minimum atomic E-state index is 0.0791. The quantitative estimate of drug-likeness (QED) is 0.877. The maximum absolute atomic E-state index is 11.8. The molecule has 2 N–H and O–H groups in total. The number of thioether (sulfide) groups is 1. The van der Waals surface area contributed by atoms with Crippen molar-refractivity contribution in [2.75, 3.05) is 12.3 Å². The lowest BCUT2D eigenvalue weighted by atomic mass is 10.0. The van der Waals surface area contributed by atoms with Gasteiger partial charge in [-0.15, -0.1) is 11.8 Å². The lowest BCUT2D eigenvalue weighted by molar-refractivity contribution is -0.121. The molecule has 1 heterocycles. The van der Waals surface area contributed by atoms with Crippen LogP contribution in [0.3, 0.4) is 0 Å². The van der Waals surface area contributed by atoms with E-state index in [4.69, 9.17) is 0 Å². The molecule has 1 atom stereocenters. The summed E-state index contributed by atoms with van der Waals surface area (Å²) >= 11 is 1.87. The first-order valence-electron chi connectivity index (χ1n) is 6.41. The highest BCUT2D eigenvalue weighted by atomic mass is 32.2. The number of hydrogen-bond donors (Lipinski definition) is 2. The van der Waals surface area contributed by atoms with E-state index in [9.17, 15) is 4.79 Å². The Labute approximate surface area is 113 Å². The summed E-state index contributed by atoms with van der Waals surface area (Å²) in [5, 5.41) is 6.26. The van der Waals surface area contributed by atoms with Gasteiger partial charge in [0.15, 0.2) is 0 Å². The molecule has 0 saturated heterocycles. The average molecular weight is 264 g/mol. The molecular formula is C14H20N2OS. The fourth-order valence-corrected chi connectivity index (χ4v) is 3.16. The molecule has 1 aliphatic heterocycles. The van der Waals surface area contributed by atoms with E-state index in [1.54, 1.807) is 0 Å². The summed E-state index contributed by atoms with van der Waals surface area (Å²) in [5.74, 6) is 1.15. The number of fused-ring (bicyclic) bond motifs is 1. The van der Waals surface area contributed by atoms with Crippen molar-refractivity contribution in [1.29, 1.82) is 0 Å². The van der Waals surface area contributed by atoms with Gasteiger partial charge in [0.25, 0.3) is 0 Å². The maximum Gasteiger partial charge on any atom is 0.234 e. The van der Waals surface area contributed by atoms with Gasteiger partial charge >= 0.3 is 0 Å². The van der Waals surface area contributed by atoms with Crippen LogP contribution >= 0.6 is 11.8 Å². The molecule has 0 aromatic heterocycles. The van der Waals surface area contributed by atoms with E-state index < -0.39 is 0 Å². The Hall–Kier alpha value is -1.00. The average Bonchev–Trinajstić information content (AvgIpc) is 2.37. The van der Waals surface area contributed by atoms with Crippen molar-refractivity contribution in [2.24, 2.45) is 0 Å². The molecular weight excluding hydrogens is 244 g/mol. The first-order chi connectivity index (χ1) is 8.66. The zero-order valence-corrected chi connectivity index (χ0v) is 11.7. The third-order valence-corrected chi connectivity index (χ3v) is 4.09. The first-order valence-corrected chi connectivity index (χ1v) is 7.40. The van der Waals surface area contributed by atoms with E-state index in [2.05, 4.69) is 28.8 Å². The second kappa shape index (κ2) is 6.25. The molecule has 0 aliphatic carbocycles.